The molecule has 4 aromatic rings. The number of para-hydroxylation sites is 1. The predicted octanol–water partition coefficient (Wildman–Crippen LogP) is 3.97. The molecule has 1 aromatic heterocycles. The van der Waals surface area contributed by atoms with Crippen molar-refractivity contribution in [1.82, 2.24) is 10.3 Å². The van der Waals surface area contributed by atoms with E-state index >= 15 is 0 Å². The molecule has 30 heavy (non-hydrogen) atoms. The summed E-state index contributed by atoms with van der Waals surface area (Å²) in [5, 5.41) is 5.93. The first kappa shape index (κ1) is 19.3. The second-order valence-electron chi connectivity index (χ2n) is 6.55. The van der Waals surface area contributed by atoms with E-state index in [9.17, 15) is 4.79 Å². The number of carbonyl (C=O) groups is 1. The highest BCUT2D eigenvalue weighted by atomic mass is 16.5. The Hall–Kier alpha value is -4.04. The van der Waals surface area contributed by atoms with Crippen LogP contribution in [0.4, 0.5) is 0 Å². The summed E-state index contributed by atoms with van der Waals surface area (Å²) < 4.78 is 11.3. The van der Waals surface area contributed by atoms with Crippen LogP contribution in [-0.2, 0) is 4.79 Å². The first-order valence-electron chi connectivity index (χ1n) is 9.60. The number of carbonyl (C=O) groups excluding carboxylic acids is 1. The Labute approximate surface area is 174 Å². The van der Waals surface area contributed by atoms with Gasteiger partial charge >= 0.3 is 0 Å². The zero-order valence-corrected chi connectivity index (χ0v) is 16.3. The van der Waals surface area contributed by atoms with Gasteiger partial charge < -0.3 is 14.8 Å². The van der Waals surface area contributed by atoms with Gasteiger partial charge in [0.15, 0.2) is 6.61 Å². The number of fused-ring (bicyclic) bond motifs is 2. The van der Waals surface area contributed by atoms with Gasteiger partial charge in [-0.15, -0.1) is 0 Å². The number of aromatic nitrogens is 1. The summed E-state index contributed by atoms with van der Waals surface area (Å²) in [5.74, 6) is 6.89. The van der Waals surface area contributed by atoms with Gasteiger partial charge in [-0.25, -0.2) is 0 Å². The van der Waals surface area contributed by atoms with Gasteiger partial charge in [0, 0.05) is 11.6 Å². The zero-order valence-electron chi connectivity index (χ0n) is 16.3. The summed E-state index contributed by atoms with van der Waals surface area (Å²) in [6.07, 6.45) is 1.73. The Morgan fingerprint density at radius 3 is 2.63 bits per heavy atom. The van der Waals surface area contributed by atoms with Crippen molar-refractivity contribution in [2.24, 2.45) is 0 Å². The lowest BCUT2D eigenvalue weighted by Crippen LogP contribution is -2.29. The summed E-state index contributed by atoms with van der Waals surface area (Å²) in [6.45, 7) is 0.397. The largest absolute Gasteiger partial charge is 0.484 e. The molecule has 1 amide bonds. The summed E-state index contributed by atoms with van der Waals surface area (Å²) in [6, 6.07) is 23.4. The van der Waals surface area contributed by atoms with Crippen LogP contribution in [0.1, 0.15) is 0 Å². The molecular weight excluding hydrogens is 376 g/mol. The van der Waals surface area contributed by atoms with Gasteiger partial charge in [-0.3, -0.25) is 9.78 Å². The van der Waals surface area contributed by atoms with Crippen molar-refractivity contribution in [1.29, 1.82) is 0 Å². The number of hydrogen-bond acceptors (Lipinski definition) is 4. The van der Waals surface area contributed by atoms with Gasteiger partial charge in [0.1, 0.15) is 23.6 Å². The number of nitrogens with one attached hydrogen (secondary N) is 1. The quantitative estimate of drug-likeness (QED) is 0.501. The normalized spacial score (nSPS) is 10.3. The van der Waals surface area contributed by atoms with E-state index in [-0.39, 0.29) is 25.7 Å². The number of pyridine rings is 1. The third-order valence-corrected chi connectivity index (χ3v) is 4.49. The van der Waals surface area contributed by atoms with Crippen LogP contribution < -0.4 is 14.8 Å². The third kappa shape index (κ3) is 4.86. The van der Waals surface area contributed by atoms with Gasteiger partial charge in [0.25, 0.3) is 5.91 Å². The van der Waals surface area contributed by atoms with Crippen molar-refractivity contribution in [3.63, 3.8) is 0 Å². The van der Waals surface area contributed by atoms with Gasteiger partial charge in [-0.2, -0.15) is 0 Å². The summed E-state index contributed by atoms with van der Waals surface area (Å²) in [4.78, 5) is 16.3. The number of benzene rings is 3. The number of rotatable bonds is 6. The van der Waals surface area contributed by atoms with Crippen LogP contribution in [0.3, 0.4) is 0 Å². The van der Waals surface area contributed by atoms with E-state index in [0.29, 0.717) is 11.5 Å². The van der Waals surface area contributed by atoms with Crippen molar-refractivity contribution < 1.29 is 14.3 Å². The topological polar surface area (TPSA) is 60.5 Å². The van der Waals surface area contributed by atoms with Crippen LogP contribution in [0, 0.1) is 11.8 Å². The number of nitrogens with zero attached hydrogens (tertiary/aromatic N) is 1. The minimum absolute atomic E-state index is 0.0573. The maximum absolute atomic E-state index is 11.9. The zero-order chi connectivity index (χ0) is 20.6. The fourth-order valence-electron chi connectivity index (χ4n) is 3.02. The smallest absolute Gasteiger partial charge is 0.258 e. The summed E-state index contributed by atoms with van der Waals surface area (Å²) >= 11 is 0. The van der Waals surface area contributed by atoms with Gasteiger partial charge in [-0.05, 0) is 35.0 Å². The minimum Gasteiger partial charge on any atom is -0.484 e. The van der Waals surface area contributed by atoms with E-state index in [4.69, 9.17) is 9.47 Å². The lowest BCUT2D eigenvalue weighted by molar-refractivity contribution is -0.122. The van der Waals surface area contributed by atoms with Crippen molar-refractivity contribution >= 4 is 27.6 Å². The first-order chi connectivity index (χ1) is 14.8. The summed E-state index contributed by atoms with van der Waals surface area (Å²) in [7, 11) is 0. The van der Waals surface area contributed by atoms with Crippen LogP contribution >= 0.6 is 0 Å². The molecule has 0 aliphatic heterocycles. The minimum atomic E-state index is -0.225. The van der Waals surface area contributed by atoms with E-state index in [1.807, 2.05) is 72.8 Å². The fraction of sp³-hybridized carbons (Fsp3) is 0.120. The molecule has 0 aliphatic carbocycles. The molecule has 0 saturated heterocycles. The molecule has 3 aromatic carbocycles. The average molecular weight is 396 g/mol. The Balaban J connectivity index is 1.21. The molecule has 1 heterocycles. The second-order valence-corrected chi connectivity index (χ2v) is 6.55. The molecule has 0 fully saturated rings. The molecule has 148 valence electrons. The van der Waals surface area contributed by atoms with E-state index in [1.165, 1.54) is 0 Å². The molecule has 5 nitrogen and oxygen atoms in total. The first-order valence-corrected chi connectivity index (χ1v) is 9.60. The van der Waals surface area contributed by atoms with E-state index < -0.39 is 0 Å². The molecule has 5 heteroatoms. The third-order valence-electron chi connectivity index (χ3n) is 4.49. The standard InChI is InChI=1S/C25H20N2O3/c28-24(18-30-22-13-12-19-7-1-2-8-21(19)17-22)26-14-3-4-16-29-23-11-5-9-20-10-6-15-27-25(20)23/h1-2,5-13,15,17H,14,16,18H2,(H,26,28). The van der Waals surface area contributed by atoms with Crippen molar-refractivity contribution in [3.8, 4) is 23.3 Å². The number of ether oxygens (including phenoxy) is 2. The average Bonchev–Trinajstić information content (AvgIpc) is 2.80. The Morgan fingerprint density at radius 1 is 0.867 bits per heavy atom. The molecule has 0 spiro atoms. The van der Waals surface area contributed by atoms with Crippen molar-refractivity contribution in [2.75, 3.05) is 19.8 Å². The Bertz CT molecular complexity index is 1240. The Kier molecular flexibility index (Phi) is 6.07. The van der Waals surface area contributed by atoms with Crippen LogP contribution in [-0.4, -0.2) is 30.6 Å². The van der Waals surface area contributed by atoms with Crippen molar-refractivity contribution in [3.05, 3.63) is 79.0 Å². The lowest BCUT2D eigenvalue weighted by atomic mass is 10.1. The molecule has 0 saturated carbocycles. The van der Waals surface area contributed by atoms with E-state index in [0.717, 1.165) is 21.7 Å². The molecule has 0 unspecified atom stereocenters. The Morgan fingerprint density at radius 2 is 1.70 bits per heavy atom. The molecule has 1 N–H and O–H groups in total. The van der Waals surface area contributed by atoms with E-state index in [1.54, 1.807) is 6.20 Å². The van der Waals surface area contributed by atoms with Crippen LogP contribution in [0.15, 0.2) is 79.0 Å². The predicted molar refractivity (Wildman–Crippen MR) is 117 cm³/mol. The fourth-order valence-corrected chi connectivity index (χ4v) is 3.02. The van der Waals surface area contributed by atoms with Crippen LogP contribution in [0.25, 0.3) is 21.7 Å². The monoisotopic (exact) mass is 396 g/mol. The van der Waals surface area contributed by atoms with Crippen LogP contribution in [0.2, 0.25) is 0 Å². The summed E-state index contributed by atoms with van der Waals surface area (Å²) in [5.41, 5.74) is 0.806. The highest BCUT2D eigenvalue weighted by Gasteiger charge is 2.03. The van der Waals surface area contributed by atoms with Crippen molar-refractivity contribution in [2.45, 2.75) is 0 Å². The molecule has 0 aliphatic rings. The van der Waals surface area contributed by atoms with Gasteiger partial charge in [0.2, 0.25) is 0 Å². The molecule has 4 rings (SSSR count). The van der Waals surface area contributed by atoms with Gasteiger partial charge in [0.05, 0.1) is 6.54 Å². The van der Waals surface area contributed by atoms with Crippen LogP contribution in [0.5, 0.6) is 11.5 Å². The molecule has 0 bridgehead atoms. The van der Waals surface area contributed by atoms with E-state index in [2.05, 4.69) is 22.1 Å². The number of hydrogen-bond donors (Lipinski definition) is 1. The molecule has 0 atom stereocenters. The molecular formula is C25H20N2O3. The lowest BCUT2D eigenvalue weighted by Gasteiger charge is -2.07. The maximum Gasteiger partial charge on any atom is 0.258 e. The maximum atomic E-state index is 11.9. The van der Waals surface area contributed by atoms with Gasteiger partial charge in [-0.1, -0.05) is 60.4 Å². The SMILES string of the molecule is O=C(COc1ccc2ccccc2c1)NCC#CCOc1cccc2cccnc12. The second kappa shape index (κ2) is 9.44. The highest BCUT2D eigenvalue weighted by Crippen LogP contribution is 2.22. The molecule has 0 radical (unpaired) electrons. The number of amides is 1. The highest BCUT2D eigenvalue weighted by molar-refractivity contribution is 5.85.